The van der Waals surface area contributed by atoms with Gasteiger partial charge in [0.15, 0.2) is 0 Å². The Labute approximate surface area is 135 Å². The first kappa shape index (κ1) is 17.1. The van der Waals surface area contributed by atoms with Crippen molar-refractivity contribution >= 4 is 28.9 Å². The van der Waals surface area contributed by atoms with Gasteiger partial charge in [-0.2, -0.15) is 0 Å². The van der Waals surface area contributed by atoms with Gasteiger partial charge in [0, 0.05) is 17.3 Å². The van der Waals surface area contributed by atoms with Crippen LogP contribution in [0.5, 0.6) is 0 Å². The van der Waals surface area contributed by atoms with E-state index in [-0.39, 0.29) is 5.56 Å². The lowest BCUT2D eigenvalue weighted by molar-refractivity contribution is 0.151. The lowest BCUT2D eigenvalue weighted by atomic mass is 10.1. The highest BCUT2D eigenvalue weighted by atomic mass is 32.2. The van der Waals surface area contributed by atoms with E-state index < -0.39 is 22.5 Å². The first-order valence-corrected chi connectivity index (χ1v) is 8.50. The molecule has 0 unspecified atom stereocenters. The molecule has 0 saturated heterocycles. The maximum absolute atomic E-state index is 12.5. The molecule has 0 aliphatic rings. The molecule has 0 fully saturated rings. The molecular weight excluding hydrogens is 326 g/mol. The zero-order valence-corrected chi connectivity index (χ0v) is 14.0. The molecule has 1 atom stereocenters. The molecule has 2 rings (SSSR count). The zero-order chi connectivity index (χ0) is 16.3. The minimum absolute atomic E-state index is 0.0114. The average Bonchev–Trinajstić information content (AvgIpc) is 2.92. The molecular formula is C15H16F2N2OS2. The van der Waals surface area contributed by atoms with Gasteiger partial charge in [0.2, 0.25) is 0 Å². The van der Waals surface area contributed by atoms with Crippen LogP contribution in [-0.4, -0.2) is 20.5 Å². The zero-order valence-electron chi connectivity index (χ0n) is 12.4. The first-order valence-electron chi connectivity index (χ1n) is 6.58. The van der Waals surface area contributed by atoms with Gasteiger partial charge in [0.1, 0.15) is 21.1 Å². The van der Waals surface area contributed by atoms with Crippen LogP contribution in [0.15, 0.2) is 34.9 Å². The summed E-state index contributed by atoms with van der Waals surface area (Å²) in [6, 6.07) is 6.02. The van der Waals surface area contributed by atoms with Crippen molar-refractivity contribution < 1.29 is 13.3 Å². The maximum Gasteiger partial charge on any atom is 0.263 e. The van der Waals surface area contributed by atoms with Crippen molar-refractivity contribution in [2.75, 3.05) is 0 Å². The summed E-state index contributed by atoms with van der Waals surface area (Å²) in [6.07, 6.45) is 0.695. The van der Waals surface area contributed by atoms with E-state index in [0.29, 0.717) is 5.01 Å². The molecule has 7 heteroatoms. The van der Waals surface area contributed by atoms with Crippen LogP contribution >= 0.6 is 11.3 Å². The summed E-state index contributed by atoms with van der Waals surface area (Å²) in [6.45, 7) is 5.55. The third-order valence-electron chi connectivity index (χ3n) is 2.73. The van der Waals surface area contributed by atoms with Gasteiger partial charge in [-0.3, -0.25) is 0 Å². The molecule has 0 bridgehead atoms. The standard InChI is InChI=1S/C15H16F2N2OS2/c1-15(2,3)22(20)19-9-12-8-18-14(21-12)11-6-4-10(5-7-11)13(16)17/h4-9,13H,1-3H3/b19-9+/t22-/m1/s1. The van der Waals surface area contributed by atoms with Crippen LogP contribution in [0.4, 0.5) is 8.78 Å². The van der Waals surface area contributed by atoms with E-state index >= 15 is 0 Å². The summed E-state index contributed by atoms with van der Waals surface area (Å²) in [5.74, 6) is 0. The molecule has 0 saturated carbocycles. The Balaban J connectivity index is 2.13. The van der Waals surface area contributed by atoms with Crippen LogP contribution in [0.2, 0.25) is 0 Å². The molecule has 1 aromatic carbocycles. The summed E-state index contributed by atoms with van der Waals surface area (Å²) in [7, 11) is 0. The third kappa shape index (κ3) is 4.34. The number of thiazole rings is 1. The van der Waals surface area contributed by atoms with Crippen molar-refractivity contribution in [3.05, 3.63) is 40.9 Å². The van der Waals surface area contributed by atoms with Crippen molar-refractivity contribution in [3.63, 3.8) is 0 Å². The first-order chi connectivity index (χ1) is 10.3. The fourth-order valence-corrected chi connectivity index (χ4v) is 2.89. The highest BCUT2D eigenvalue weighted by Crippen LogP contribution is 2.27. The van der Waals surface area contributed by atoms with E-state index in [2.05, 4.69) is 9.38 Å². The lowest BCUT2D eigenvalue weighted by Gasteiger charge is -2.17. The minimum Gasteiger partial charge on any atom is -0.591 e. The lowest BCUT2D eigenvalue weighted by Crippen LogP contribution is -2.25. The predicted molar refractivity (Wildman–Crippen MR) is 88.0 cm³/mol. The van der Waals surface area contributed by atoms with Crippen LogP contribution in [0.1, 0.15) is 37.6 Å². The van der Waals surface area contributed by atoms with E-state index in [0.717, 1.165) is 10.4 Å². The Bertz CT molecular complexity index is 648. The van der Waals surface area contributed by atoms with Crippen LogP contribution in [0, 0.1) is 0 Å². The van der Waals surface area contributed by atoms with Gasteiger partial charge < -0.3 is 4.55 Å². The van der Waals surface area contributed by atoms with Gasteiger partial charge in [-0.25, -0.2) is 13.8 Å². The van der Waals surface area contributed by atoms with E-state index in [9.17, 15) is 13.3 Å². The quantitative estimate of drug-likeness (QED) is 0.601. The van der Waals surface area contributed by atoms with E-state index in [1.807, 2.05) is 20.8 Å². The fraction of sp³-hybridized carbons (Fsp3) is 0.333. The van der Waals surface area contributed by atoms with Crippen molar-refractivity contribution in [2.24, 2.45) is 4.40 Å². The number of benzene rings is 1. The Morgan fingerprint density at radius 2 is 1.91 bits per heavy atom. The number of hydrogen-bond acceptors (Lipinski definition) is 4. The Morgan fingerprint density at radius 1 is 1.27 bits per heavy atom. The number of rotatable bonds is 4. The fourth-order valence-electron chi connectivity index (χ4n) is 1.51. The summed E-state index contributed by atoms with van der Waals surface area (Å²) < 4.78 is 40.5. The molecule has 22 heavy (non-hydrogen) atoms. The van der Waals surface area contributed by atoms with Gasteiger partial charge in [0.05, 0.1) is 11.1 Å². The normalized spacial score (nSPS) is 14.0. The van der Waals surface area contributed by atoms with Gasteiger partial charge >= 0.3 is 0 Å². The predicted octanol–water partition coefficient (Wildman–Crippen LogP) is 4.63. The number of alkyl halides is 2. The monoisotopic (exact) mass is 342 g/mol. The topological polar surface area (TPSA) is 48.3 Å². The van der Waals surface area contributed by atoms with E-state index in [1.54, 1.807) is 18.3 Å². The molecule has 2 aromatic rings. The molecule has 0 amide bonds. The van der Waals surface area contributed by atoms with Crippen LogP contribution < -0.4 is 0 Å². The van der Waals surface area contributed by atoms with E-state index in [1.165, 1.54) is 29.7 Å². The number of hydrogen-bond donors (Lipinski definition) is 0. The SMILES string of the molecule is CC(C)(C)[S@@+]([O-])/N=C/c1cnc(-c2ccc(C(F)F)cc2)s1. The Kier molecular flexibility index (Phi) is 5.31. The summed E-state index contributed by atoms with van der Waals surface area (Å²) in [5.41, 5.74) is 0.758. The Hall–Kier alpha value is -1.31. The second-order valence-electron chi connectivity index (χ2n) is 5.59. The second-order valence-corrected chi connectivity index (χ2v) is 8.58. The molecule has 0 spiro atoms. The Morgan fingerprint density at radius 3 is 2.45 bits per heavy atom. The van der Waals surface area contributed by atoms with Crippen LogP contribution in [-0.2, 0) is 11.4 Å². The molecule has 118 valence electrons. The minimum atomic E-state index is -2.47. The number of nitrogens with zero attached hydrogens (tertiary/aromatic N) is 2. The number of halogens is 2. The molecule has 1 aromatic heterocycles. The maximum atomic E-state index is 12.5. The molecule has 3 nitrogen and oxygen atoms in total. The van der Waals surface area contributed by atoms with Gasteiger partial charge in [0.25, 0.3) is 6.43 Å². The van der Waals surface area contributed by atoms with E-state index in [4.69, 9.17) is 0 Å². The van der Waals surface area contributed by atoms with Crippen molar-refractivity contribution in [3.8, 4) is 10.6 Å². The van der Waals surface area contributed by atoms with Crippen LogP contribution in [0.3, 0.4) is 0 Å². The van der Waals surface area contributed by atoms with Gasteiger partial charge in [-0.15, -0.1) is 11.3 Å². The molecule has 0 radical (unpaired) electrons. The highest BCUT2D eigenvalue weighted by molar-refractivity contribution is 7.91. The largest absolute Gasteiger partial charge is 0.591 e. The second kappa shape index (κ2) is 6.85. The van der Waals surface area contributed by atoms with Crippen molar-refractivity contribution in [1.29, 1.82) is 0 Å². The average molecular weight is 342 g/mol. The summed E-state index contributed by atoms with van der Waals surface area (Å²) in [4.78, 5) is 5.01. The van der Waals surface area contributed by atoms with Gasteiger partial charge in [-0.05, 0) is 20.8 Å². The van der Waals surface area contributed by atoms with Crippen molar-refractivity contribution in [2.45, 2.75) is 31.9 Å². The highest BCUT2D eigenvalue weighted by Gasteiger charge is 2.25. The molecule has 0 aliphatic carbocycles. The molecule has 0 aliphatic heterocycles. The summed E-state index contributed by atoms with van der Waals surface area (Å²) in [5, 5.41) is 0.712. The van der Waals surface area contributed by atoms with Crippen LogP contribution in [0.25, 0.3) is 10.6 Å². The summed E-state index contributed by atoms with van der Waals surface area (Å²) >= 11 is 0.0541. The third-order valence-corrected chi connectivity index (χ3v) is 5.06. The number of aromatic nitrogens is 1. The van der Waals surface area contributed by atoms with Crippen molar-refractivity contribution in [1.82, 2.24) is 4.98 Å². The molecule has 1 heterocycles. The smallest absolute Gasteiger partial charge is 0.263 e. The van der Waals surface area contributed by atoms with Gasteiger partial charge in [-0.1, -0.05) is 28.7 Å². The molecule has 0 N–H and O–H groups in total.